The molecular weight excluding hydrogens is 414 g/mol. The molecule has 0 saturated carbocycles. The number of hydrogen-bond donors (Lipinski definition) is 0. The van der Waals surface area contributed by atoms with Crippen molar-refractivity contribution in [2.45, 2.75) is 13.1 Å². The number of carbonyl (C=O) groups is 1. The highest BCUT2D eigenvalue weighted by molar-refractivity contribution is 6.33. The molecule has 0 aliphatic rings. The van der Waals surface area contributed by atoms with E-state index in [2.05, 4.69) is 9.84 Å². The molecule has 2 aromatic rings. The summed E-state index contributed by atoms with van der Waals surface area (Å²) in [5.74, 6) is -2.63. The van der Waals surface area contributed by atoms with Gasteiger partial charge in [0.25, 0.3) is 0 Å². The van der Waals surface area contributed by atoms with Gasteiger partial charge in [-0.25, -0.2) is 9.18 Å². The molecule has 0 spiro atoms. The van der Waals surface area contributed by atoms with Crippen LogP contribution in [0, 0.1) is 15.9 Å². The summed E-state index contributed by atoms with van der Waals surface area (Å²) in [7, 11) is 0.946. The summed E-state index contributed by atoms with van der Waals surface area (Å²) in [5, 5.41) is 13.9. The second-order valence-corrected chi connectivity index (χ2v) is 5.66. The number of hydrogen-bond acceptors (Lipinski definition) is 6. The number of rotatable bonds is 6. The predicted octanol–water partition coefficient (Wildman–Crippen LogP) is 3.75. The topological polar surface area (TPSA) is 96.5 Å². The Labute approximate surface area is 159 Å². The highest BCUT2D eigenvalue weighted by Gasteiger charge is 2.39. The average Bonchev–Trinajstić information content (AvgIpc) is 2.87. The molecule has 0 aliphatic carbocycles. The van der Waals surface area contributed by atoms with Gasteiger partial charge in [-0.15, -0.1) is 0 Å². The molecule has 0 atom stereocenters. The van der Waals surface area contributed by atoms with Gasteiger partial charge in [0.15, 0.2) is 12.3 Å². The number of nitro groups is 1. The number of carbonyl (C=O) groups excluding carboxylic acids is 1. The Hall–Kier alpha value is -2.89. The first-order chi connectivity index (χ1) is 13.0. The smallest absolute Gasteiger partial charge is 0.434 e. The predicted molar refractivity (Wildman–Crippen MR) is 87.4 cm³/mol. The second-order valence-electron chi connectivity index (χ2n) is 5.28. The van der Waals surface area contributed by atoms with Gasteiger partial charge in [-0.1, -0.05) is 11.6 Å². The van der Waals surface area contributed by atoms with E-state index in [0.29, 0.717) is 16.8 Å². The van der Waals surface area contributed by atoms with Crippen molar-refractivity contribution in [1.82, 2.24) is 9.78 Å². The lowest BCUT2D eigenvalue weighted by atomic mass is 10.1. The molecule has 28 heavy (non-hydrogen) atoms. The van der Waals surface area contributed by atoms with E-state index in [1.165, 1.54) is 6.92 Å². The van der Waals surface area contributed by atoms with Crippen molar-refractivity contribution >= 4 is 23.3 Å². The largest absolute Gasteiger partial charge is 0.475 e. The first-order valence-corrected chi connectivity index (χ1v) is 7.91. The summed E-state index contributed by atoms with van der Waals surface area (Å²) in [6.45, 7) is 0.841. The van der Waals surface area contributed by atoms with Crippen LogP contribution in [0.2, 0.25) is 5.02 Å². The van der Waals surface area contributed by atoms with Crippen molar-refractivity contribution in [2.75, 3.05) is 13.2 Å². The van der Waals surface area contributed by atoms with Gasteiger partial charge in [0.1, 0.15) is 11.5 Å². The number of halogens is 5. The molecule has 1 heterocycles. The highest BCUT2D eigenvalue weighted by atomic mass is 35.5. The minimum Gasteiger partial charge on any atom is -0.475 e. The molecule has 0 amide bonds. The van der Waals surface area contributed by atoms with Crippen LogP contribution in [0.15, 0.2) is 12.1 Å². The molecule has 0 saturated heterocycles. The van der Waals surface area contributed by atoms with Gasteiger partial charge >= 0.3 is 17.8 Å². The third-order valence-electron chi connectivity index (χ3n) is 3.41. The standard InChI is InChI=1S/C15H12ClF4N3O5/c1-3-27-11(24)6-28-10-5-8(17)7(4-9(10)23(25)26)13-12(16)14(15(18,19)20)22(2)21-13/h4-5H,3,6H2,1-2H3. The van der Waals surface area contributed by atoms with Crippen LogP contribution in [0.25, 0.3) is 11.3 Å². The summed E-state index contributed by atoms with van der Waals surface area (Å²) in [5.41, 5.74) is -3.40. The number of ether oxygens (including phenoxy) is 2. The van der Waals surface area contributed by atoms with Crippen molar-refractivity contribution in [1.29, 1.82) is 0 Å². The van der Waals surface area contributed by atoms with E-state index in [1.807, 2.05) is 0 Å². The Morgan fingerprint density at radius 2 is 2.04 bits per heavy atom. The van der Waals surface area contributed by atoms with Crippen molar-refractivity contribution in [3.8, 4) is 17.0 Å². The number of alkyl halides is 3. The molecule has 1 aromatic carbocycles. The van der Waals surface area contributed by atoms with Crippen LogP contribution in [-0.2, 0) is 22.8 Å². The van der Waals surface area contributed by atoms with Crippen molar-refractivity contribution < 1.29 is 36.8 Å². The first kappa shape index (κ1) is 21.4. The van der Waals surface area contributed by atoms with E-state index in [4.69, 9.17) is 16.3 Å². The minimum absolute atomic E-state index is 0.0390. The molecule has 13 heteroatoms. The lowest BCUT2D eigenvalue weighted by molar-refractivity contribution is -0.385. The molecule has 0 aliphatic heterocycles. The van der Waals surface area contributed by atoms with Gasteiger partial charge in [-0.2, -0.15) is 18.3 Å². The van der Waals surface area contributed by atoms with Crippen LogP contribution in [0.3, 0.4) is 0 Å². The lowest BCUT2D eigenvalue weighted by Gasteiger charge is -2.09. The average molecular weight is 426 g/mol. The maximum Gasteiger partial charge on any atom is 0.434 e. The minimum atomic E-state index is -4.87. The van der Waals surface area contributed by atoms with Gasteiger partial charge in [0, 0.05) is 24.7 Å². The summed E-state index contributed by atoms with van der Waals surface area (Å²) in [4.78, 5) is 21.6. The Kier molecular flexibility index (Phi) is 6.12. The fraction of sp³-hybridized carbons (Fsp3) is 0.333. The first-order valence-electron chi connectivity index (χ1n) is 7.53. The van der Waals surface area contributed by atoms with Crippen molar-refractivity contribution in [3.05, 3.63) is 38.8 Å². The molecule has 0 fully saturated rings. The van der Waals surface area contributed by atoms with E-state index >= 15 is 0 Å². The fourth-order valence-corrected chi connectivity index (χ4v) is 2.67. The third-order valence-corrected chi connectivity index (χ3v) is 3.77. The Morgan fingerprint density at radius 3 is 2.54 bits per heavy atom. The normalized spacial score (nSPS) is 11.4. The molecule has 8 nitrogen and oxygen atoms in total. The van der Waals surface area contributed by atoms with Crippen molar-refractivity contribution in [3.63, 3.8) is 0 Å². The molecular formula is C15H12ClF4N3O5. The van der Waals surface area contributed by atoms with Gasteiger partial charge in [0.05, 0.1) is 16.6 Å². The monoisotopic (exact) mass is 425 g/mol. The zero-order valence-electron chi connectivity index (χ0n) is 14.3. The number of benzene rings is 1. The number of esters is 1. The molecule has 1 aromatic heterocycles. The quantitative estimate of drug-likeness (QED) is 0.303. The number of aryl methyl sites for hydroxylation is 1. The molecule has 0 unspecified atom stereocenters. The molecule has 2 rings (SSSR count). The van der Waals surface area contributed by atoms with E-state index < -0.39 is 62.9 Å². The maximum absolute atomic E-state index is 14.5. The maximum atomic E-state index is 14.5. The van der Waals surface area contributed by atoms with Crippen LogP contribution < -0.4 is 4.74 Å². The SMILES string of the molecule is CCOC(=O)COc1cc(F)c(-c2nn(C)c(C(F)(F)F)c2Cl)cc1[N+](=O)[O-]. The van der Waals surface area contributed by atoms with Gasteiger partial charge in [-0.3, -0.25) is 14.8 Å². The van der Waals surface area contributed by atoms with Crippen LogP contribution in [0.4, 0.5) is 23.2 Å². The van der Waals surface area contributed by atoms with Gasteiger partial charge in [0.2, 0.25) is 5.75 Å². The zero-order valence-corrected chi connectivity index (χ0v) is 15.1. The van der Waals surface area contributed by atoms with E-state index in [1.54, 1.807) is 0 Å². The second kappa shape index (κ2) is 8.00. The number of nitro benzene ring substituents is 1. The summed E-state index contributed by atoms with van der Waals surface area (Å²) < 4.78 is 63.5. The van der Waals surface area contributed by atoms with Gasteiger partial charge < -0.3 is 9.47 Å². The number of aromatic nitrogens is 2. The number of nitrogens with zero attached hydrogens (tertiary/aromatic N) is 3. The third kappa shape index (κ3) is 4.32. The lowest BCUT2D eigenvalue weighted by Crippen LogP contribution is -2.15. The van der Waals surface area contributed by atoms with E-state index in [0.717, 1.165) is 7.05 Å². The molecule has 0 N–H and O–H groups in total. The van der Waals surface area contributed by atoms with Crippen LogP contribution in [-0.4, -0.2) is 33.9 Å². The van der Waals surface area contributed by atoms with Crippen LogP contribution >= 0.6 is 11.6 Å². The summed E-state index contributed by atoms with van der Waals surface area (Å²) in [6.07, 6.45) is -4.87. The summed E-state index contributed by atoms with van der Waals surface area (Å²) >= 11 is 5.70. The van der Waals surface area contributed by atoms with Crippen LogP contribution in [0.5, 0.6) is 5.75 Å². The van der Waals surface area contributed by atoms with Crippen molar-refractivity contribution in [2.24, 2.45) is 7.05 Å². The Bertz CT molecular complexity index is 929. The Morgan fingerprint density at radius 1 is 1.39 bits per heavy atom. The summed E-state index contributed by atoms with van der Waals surface area (Å²) in [6, 6.07) is 1.19. The Balaban J connectivity index is 2.52. The molecule has 0 bridgehead atoms. The molecule has 152 valence electrons. The van der Waals surface area contributed by atoms with Crippen LogP contribution in [0.1, 0.15) is 12.6 Å². The highest BCUT2D eigenvalue weighted by Crippen LogP contribution is 2.42. The van der Waals surface area contributed by atoms with E-state index in [9.17, 15) is 32.5 Å². The fourth-order valence-electron chi connectivity index (χ4n) is 2.30. The van der Waals surface area contributed by atoms with E-state index in [-0.39, 0.29) is 6.61 Å². The van der Waals surface area contributed by atoms with Gasteiger partial charge in [-0.05, 0) is 6.92 Å². The zero-order chi connectivity index (χ0) is 21.2. The molecule has 0 radical (unpaired) electrons.